The van der Waals surface area contributed by atoms with Crippen molar-refractivity contribution in [2.75, 3.05) is 10.3 Å². The van der Waals surface area contributed by atoms with Crippen LogP contribution in [0.15, 0.2) is 96.1 Å². The van der Waals surface area contributed by atoms with E-state index in [9.17, 15) is 19.7 Å². The van der Waals surface area contributed by atoms with Crippen molar-refractivity contribution in [1.82, 2.24) is 4.98 Å². The van der Waals surface area contributed by atoms with E-state index in [1.165, 1.54) is 23.5 Å². The second kappa shape index (κ2) is 9.29. The molecule has 2 atom stereocenters. The summed E-state index contributed by atoms with van der Waals surface area (Å²) < 4.78 is 1.00. The maximum absolute atomic E-state index is 14.5. The van der Waals surface area contributed by atoms with Gasteiger partial charge in [-0.2, -0.15) is 5.10 Å². The Labute approximate surface area is 253 Å². The van der Waals surface area contributed by atoms with Crippen LogP contribution in [0.4, 0.5) is 16.5 Å². The van der Waals surface area contributed by atoms with Crippen LogP contribution in [0.2, 0.25) is 5.02 Å². The Morgan fingerprint density at radius 3 is 2.33 bits per heavy atom. The van der Waals surface area contributed by atoms with Crippen LogP contribution in [0.3, 0.4) is 0 Å². The second-order valence-electron chi connectivity index (χ2n) is 10.8. The summed E-state index contributed by atoms with van der Waals surface area (Å²) in [6.45, 7) is 0. The molecule has 0 unspecified atom stereocenters. The molecular weight excluding hydrogens is 586 g/mol. The van der Waals surface area contributed by atoms with Gasteiger partial charge in [0.1, 0.15) is 5.69 Å². The summed E-state index contributed by atoms with van der Waals surface area (Å²) in [6, 6.07) is 27.3. The molecule has 1 N–H and O–H groups in total. The molecule has 11 heteroatoms. The first-order valence-electron chi connectivity index (χ1n) is 13.6. The zero-order valence-corrected chi connectivity index (χ0v) is 23.8. The first-order valence-corrected chi connectivity index (χ1v) is 14.8. The van der Waals surface area contributed by atoms with Crippen LogP contribution in [0.1, 0.15) is 28.2 Å². The van der Waals surface area contributed by atoms with Crippen LogP contribution in [0.25, 0.3) is 10.2 Å². The van der Waals surface area contributed by atoms with E-state index in [1.807, 2.05) is 72.8 Å². The monoisotopic (exact) mass is 605 g/mol. The van der Waals surface area contributed by atoms with Gasteiger partial charge in [0, 0.05) is 23.2 Å². The summed E-state index contributed by atoms with van der Waals surface area (Å²) in [4.78, 5) is 45.9. The summed E-state index contributed by atoms with van der Waals surface area (Å²) in [7, 11) is 0. The van der Waals surface area contributed by atoms with E-state index in [0.717, 1.165) is 43.4 Å². The fourth-order valence-corrected chi connectivity index (χ4v) is 8.21. The van der Waals surface area contributed by atoms with Gasteiger partial charge in [0.25, 0.3) is 5.69 Å². The third-order valence-electron chi connectivity index (χ3n) is 8.78. The number of imide groups is 1. The molecular formula is C32H20ClN5O4S. The molecule has 1 fully saturated rings. The van der Waals surface area contributed by atoms with Gasteiger partial charge in [0.2, 0.25) is 16.9 Å². The number of hydrogen-bond acceptors (Lipinski definition) is 8. The minimum absolute atomic E-state index is 0.0917. The van der Waals surface area contributed by atoms with Gasteiger partial charge in [-0.15, -0.1) is 0 Å². The number of nitrogens with zero attached hydrogens (tertiary/aromatic N) is 4. The Hall–Kier alpha value is -4.93. The zero-order chi connectivity index (χ0) is 29.5. The van der Waals surface area contributed by atoms with Gasteiger partial charge in [-0.05, 0) is 46.5 Å². The Balaban J connectivity index is 1.32. The van der Waals surface area contributed by atoms with Gasteiger partial charge in [-0.1, -0.05) is 83.6 Å². The number of aromatic nitrogens is 1. The second-order valence-corrected chi connectivity index (χ2v) is 12.3. The van der Waals surface area contributed by atoms with Crippen molar-refractivity contribution in [2.45, 2.75) is 11.3 Å². The normalized spacial score (nSPS) is 23.5. The number of hydrogen-bond donors (Lipinski definition) is 1. The van der Waals surface area contributed by atoms with Crippen molar-refractivity contribution in [1.29, 1.82) is 0 Å². The van der Waals surface area contributed by atoms with Crippen molar-refractivity contribution in [3.63, 3.8) is 0 Å². The van der Waals surface area contributed by atoms with Gasteiger partial charge < -0.3 is 0 Å². The smallest absolute Gasteiger partial charge is 0.274 e. The molecule has 9 nitrogen and oxygen atoms in total. The number of anilines is 2. The van der Waals surface area contributed by atoms with E-state index in [0.29, 0.717) is 5.13 Å². The van der Waals surface area contributed by atoms with E-state index >= 15 is 0 Å². The molecule has 1 aromatic heterocycles. The number of hydrazone groups is 1. The minimum atomic E-state index is -1.13. The summed E-state index contributed by atoms with van der Waals surface area (Å²) in [5.74, 6) is -3.07. The number of fused-ring (bicyclic) bond motifs is 1. The van der Waals surface area contributed by atoms with Crippen LogP contribution in [0, 0.1) is 22.0 Å². The number of carbonyl (C=O) groups excluding carboxylic acids is 2. The minimum Gasteiger partial charge on any atom is -0.274 e. The molecule has 43 heavy (non-hydrogen) atoms. The van der Waals surface area contributed by atoms with Crippen LogP contribution in [-0.4, -0.2) is 27.9 Å². The Morgan fingerprint density at radius 2 is 1.63 bits per heavy atom. The van der Waals surface area contributed by atoms with Crippen molar-refractivity contribution >= 4 is 67.7 Å². The van der Waals surface area contributed by atoms with E-state index in [-0.39, 0.29) is 10.7 Å². The number of para-hydroxylation sites is 1. The quantitative estimate of drug-likeness (QED) is 0.106. The van der Waals surface area contributed by atoms with Gasteiger partial charge in [0.05, 0.1) is 32.4 Å². The third-order valence-corrected chi connectivity index (χ3v) is 9.96. The van der Waals surface area contributed by atoms with Crippen LogP contribution >= 0.6 is 22.9 Å². The fraction of sp³-hybridized carbons (Fsp3) is 0.125. The number of thiazole rings is 1. The molecule has 3 aliphatic carbocycles. The molecule has 4 aromatic carbocycles. The van der Waals surface area contributed by atoms with Crippen LogP contribution < -0.4 is 10.3 Å². The average Bonchev–Trinajstić information content (AvgIpc) is 3.55. The molecule has 210 valence electrons. The third kappa shape index (κ3) is 3.50. The lowest BCUT2D eigenvalue weighted by Gasteiger charge is -2.52. The molecule has 4 aliphatic rings. The topological polar surface area (TPSA) is 118 Å². The molecule has 2 amide bonds. The first kappa shape index (κ1) is 25.8. The zero-order valence-electron chi connectivity index (χ0n) is 22.2. The van der Waals surface area contributed by atoms with Gasteiger partial charge in [-0.25, -0.2) is 9.88 Å². The highest BCUT2D eigenvalue weighted by atomic mass is 35.5. The van der Waals surface area contributed by atoms with Gasteiger partial charge in [-0.3, -0.25) is 25.1 Å². The molecule has 5 aromatic rings. The number of nitro groups is 1. The molecule has 1 aliphatic heterocycles. The SMILES string of the molecule is O=C1[C@@H]2C3c4ccccc4C(/C=N\Nc4nc5ccccc5s4)(c4ccccc43)[C@@H]2C(=O)N1c1ccc(Cl)cc1[N+](=O)[O-]. The van der Waals surface area contributed by atoms with Crippen molar-refractivity contribution < 1.29 is 14.5 Å². The average molecular weight is 606 g/mol. The lowest BCUT2D eigenvalue weighted by atomic mass is 9.47. The maximum atomic E-state index is 14.5. The van der Waals surface area contributed by atoms with Gasteiger partial charge in [0.15, 0.2) is 0 Å². The molecule has 1 saturated heterocycles. The van der Waals surface area contributed by atoms with Crippen molar-refractivity contribution in [3.8, 4) is 0 Å². The summed E-state index contributed by atoms with van der Waals surface area (Å²) >= 11 is 7.53. The number of benzene rings is 4. The van der Waals surface area contributed by atoms with Crippen LogP contribution in [-0.2, 0) is 15.0 Å². The number of carbonyl (C=O) groups is 2. The standard InChI is InChI=1S/C32H20ClN5O4S/c33-17-13-14-23(24(15-17)38(41)42)37-29(39)27-26-18-7-1-3-9-20(18)32(28(27)30(37)40,21-10-4-2-8-19(21)26)16-34-36-31-35-22-11-5-6-12-25(22)43-31/h1-16,26-28H,(H,35,36)/b34-16-/t26?,27-,28+,32?/m1/s1. The van der Waals surface area contributed by atoms with E-state index in [1.54, 1.807) is 6.21 Å². The summed E-state index contributed by atoms with van der Waals surface area (Å²) in [5.41, 5.74) is 5.90. The lowest BCUT2D eigenvalue weighted by Crippen LogP contribution is -2.54. The van der Waals surface area contributed by atoms with Crippen LogP contribution in [0.5, 0.6) is 0 Å². The highest BCUT2D eigenvalue weighted by molar-refractivity contribution is 7.22. The predicted molar refractivity (Wildman–Crippen MR) is 165 cm³/mol. The molecule has 2 bridgehead atoms. The van der Waals surface area contributed by atoms with E-state index < -0.39 is 45.6 Å². The molecule has 2 heterocycles. The number of halogens is 1. The van der Waals surface area contributed by atoms with Gasteiger partial charge >= 0.3 is 0 Å². The number of amides is 2. The summed E-state index contributed by atoms with van der Waals surface area (Å²) in [6.07, 6.45) is 1.72. The van der Waals surface area contributed by atoms with Crippen molar-refractivity contribution in [2.24, 2.45) is 16.9 Å². The highest BCUT2D eigenvalue weighted by Crippen LogP contribution is 2.64. The predicted octanol–water partition coefficient (Wildman–Crippen LogP) is 6.51. The lowest BCUT2D eigenvalue weighted by molar-refractivity contribution is -0.384. The van der Waals surface area contributed by atoms with E-state index in [2.05, 4.69) is 15.5 Å². The first-order chi connectivity index (χ1) is 20.9. The Kier molecular flexibility index (Phi) is 5.56. The number of rotatable bonds is 5. The molecule has 9 rings (SSSR count). The molecule has 0 spiro atoms. The molecule has 0 saturated carbocycles. The Bertz CT molecular complexity index is 1980. The number of nitro benzene ring substituents is 1. The Morgan fingerprint density at radius 1 is 0.953 bits per heavy atom. The highest BCUT2D eigenvalue weighted by Gasteiger charge is 2.68. The molecule has 0 radical (unpaired) electrons. The number of nitrogens with one attached hydrogen (secondary N) is 1. The van der Waals surface area contributed by atoms with Crippen molar-refractivity contribution in [3.05, 3.63) is 128 Å². The largest absolute Gasteiger partial charge is 0.294 e. The maximum Gasteiger partial charge on any atom is 0.294 e. The van der Waals surface area contributed by atoms with E-state index in [4.69, 9.17) is 11.6 Å². The summed E-state index contributed by atoms with van der Waals surface area (Å²) in [5, 5.41) is 17.4. The fourth-order valence-electron chi connectivity index (χ4n) is 7.23.